The third-order valence-corrected chi connectivity index (χ3v) is 5.52. The highest BCUT2D eigenvalue weighted by atomic mass is 19.1. The molecule has 4 heterocycles. The lowest BCUT2D eigenvalue weighted by atomic mass is 10.1. The van der Waals surface area contributed by atoms with Crippen molar-refractivity contribution in [3.05, 3.63) is 120 Å². The van der Waals surface area contributed by atoms with Crippen molar-refractivity contribution in [2.45, 2.75) is 6.54 Å². The highest BCUT2D eigenvalue weighted by molar-refractivity contribution is 6.01. The van der Waals surface area contributed by atoms with Crippen molar-refractivity contribution in [1.82, 2.24) is 30.2 Å². The highest BCUT2D eigenvalue weighted by Gasteiger charge is 2.24. The van der Waals surface area contributed by atoms with Crippen LogP contribution in [0.2, 0.25) is 0 Å². The number of imidazole rings is 1. The predicted octanol–water partition coefficient (Wildman–Crippen LogP) is 4.65. The molecule has 0 atom stereocenters. The number of halogens is 1. The molecule has 0 amide bonds. The third-order valence-electron chi connectivity index (χ3n) is 5.52. The molecule has 0 unspecified atom stereocenters. The summed E-state index contributed by atoms with van der Waals surface area (Å²) in [5.74, 6) is 0.237. The first-order valence-electron chi connectivity index (χ1n) is 10.8. The summed E-state index contributed by atoms with van der Waals surface area (Å²) in [5, 5.41) is 5.70. The molecule has 0 bridgehead atoms. The Bertz CT molecular complexity index is 1480. The maximum absolute atomic E-state index is 14.6. The molecule has 9 nitrogen and oxygen atoms in total. The Labute approximate surface area is 199 Å². The van der Waals surface area contributed by atoms with Gasteiger partial charge in [-0.05, 0) is 35.5 Å². The molecule has 2 aromatic carbocycles. The fourth-order valence-electron chi connectivity index (χ4n) is 3.83. The zero-order valence-electron chi connectivity index (χ0n) is 18.3. The van der Waals surface area contributed by atoms with Gasteiger partial charge < -0.3 is 20.1 Å². The van der Waals surface area contributed by atoms with Crippen LogP contribution in [0, 0.1) is 5.82 Å². The van der Waals surface area contributed by atoms with Gasteiger partial charge in [-0.1, -0.05) is 41.6 Å². The predicted molar refractivity (Wildman–Crippen MR) is 127 cm³/mol. The van der Waals surface area contributed by atoms with E-state index in [-0.39, 0.29) is 5.89 Å². The first-order chi connectivity index (χ1) is 17.3. The lowest BCUT2D eigenvalue weighted by Gasteiger charge is -2.26. The Hall–Kier alpha value is -4.83. The second-order valence-electron chi connectivity index (χ2n) is 7.79. The van der Waals surface area contributed by atoms with Crippen molar-refractivity contribution in [2.24, 2.45) is 0 Å². The van der Waals surface area contributed by atoms with Gasteiger partial charge >= 0.3 is 0 Å². The summed E-state index contributed by atoms with van der Waals surface area (Å²) in [6.45, 7) is 0.719. The Balaban J connectivity index is 1.35. The quantitative estimate of drug-likeness (QED) is 0.390. The molecule has 0 saturated heterocycles. The van der Waals surface area contributed by atoms with E-state index in [1.165, 1.54) is 6.07 Å². The minimum Gasteiger partial charge on any atom is -0.597 e. The number of hydrogen-bond donors (Lipinski definition) is 1. The largest absolute Gasteiger partial charge is 0.597 e. The summed E-state index contributed by atoms with van der Waals surface area (Å²) >= 11 is 0. The second-order valence-corrected chi connectivity index (χ2v) is 7.79. The molecular formula is C25H18FN8O-. The van der Waals surface area contributed by atoms with Crippen molar-refractivity contribution in [1.29, 1.82) is 0 Å². The zero-order valence-corrected chi connectivity index (χ0v) is 18.3. The molecule has 1 aliphatic heterocycles. The van der Waals surface area contributed by atoms with Gasteiger partial charge in [-0.3, -0.25) is 9.99 Å². The minimum atomic E-state index is -0.398. The maximum atomic E-state index is 14.6. The van der Waals surface area contributed by atoms with E-state index in [2.05, 4.69) is 31.1 Å². The number of rotatable bonds is 6. The molecule has 10 heteroatoms. The minimum absolute atomic E-state index is 0.209. The Morgan fingerprint density at radius 3 is 2.51 bits per heavy atom. The van der Waals surface area contributed by atoms with E-state index in [0.29, 0.717) is 22.9 Å². The van der Waals surface area contributed by atoms with E-state index in [1.54, 1.807) is 48.1 Å². The Morgan fingerprint density at radius 1 is 0.914 bits per heavy atom. The van der Waals surface area contributed by atoms with Gasteiger partial charge in [-0.25, -0.2) is 9.37 Å². The molecule has 1 N–H and O–H groups in total. The van der Waals surface area contributed by atoms with Crippen LogP contribution in [-0.4, -0.2) is 24.7 Å². The number of hydrogen-bond acceptors (Lipinski definition) is 7. The number of nitrogens with zero attached hydrogens (tertiary/aromatic N) is 7. The van der Waals surface area contributed by atoms with Crippen LogP contribution < -0.4 is 10.5 Å². The Morgan fingerprint density at radius 2 is 1.74 bits per heavy atom. The van der Waals surface area contributed by atoms with Crippen molar-refractivity contribution in [3.8, 4) is 11.4 Å². The van der Waals surface area contributed by atoms with Gasteiger partial charge in [-0.2, -0.15) is 4.98 Å². The molecule has 3 aromatic heterocycles. The summed E-state index contributed by atoms with van der Waals surface area (Å²) in [5.41, 5.74) is 11.2. The summed E-state index contributed by atoms with van der Waals surface area (Å²) in [6, 6.07) is 17.9. The van der Waals surface area contributed by atoms with E-state index in [4.69, 9.17) is 4.52 Å². The lowest BCUT2D eigenvalue weighted by Crippen LogP contribution is -2.29. The van der Waals surface area contributed by atoms with Crippen LogP contribution in [0.5, 0.6) is 0 Å². The molecule has 0 fully saturated rings. The molecule has 0 radical (unpaired) electrons. The van der Waals surface area contributed by atoms with Crippen LogP contribution in [-0.2, 0) is 6.54 Å². The van der Waals surface area contributed by atoms with Crippen LogP contribution in [0.25, 0.3) is 28.2 Å². The van der Waals surface area contributed by atoms with Crippen LogP contribution in [0.15, 0.2) is 96.3 Å². The lowest BCUT2D eigenvalue weighted by molar-refractivity contribution is 0.409. The van der Waals surface area contributed by atoms with Gasteiger partial charge in [0.15, 0.2) is 0 Å². The van der Waals surface area contributed by atoms with E-state index in [0.717, 1.165) is 23.2 Å². The standard InChI is InChI=1S/C25H18FN8O/c26-20-3-1-2-4-21(20)34-23(18-9-11-27-12-10-18)22(30-32-34)25-29-24(31-35-25)19-7-5-17(6-8-19)15-33-14-13-28-16-33/h1-14,16,32H,15H2/q-1. The van der Waals surface area contributed by atoms with Gasteiger partial charge in [0.05, 0.1) is 17.7 Å². The van der Waals surface area contributed by atoms with E-state index in [9.17, 15) is 4.39 Å². The fourth-order valence-corrected chi connectivity index (χ4v) is 3.83. The number of pyridine rings is 1. The van der Waals surface area contributed by atoms with Gasteiger partial charge in [-0.15, -0.1) is 0 Å². The van der Waals surface area contributed by atoms with Gasteiger partial charge in [0.1, 0.15) is 5.82 Å². The number of para-hydroxylation sites is 1. The first kappa shape index (κ1) is 20.8. The molecule has 35 heavy (non-hydrogen) atoms. The van der Waals surface area contributed by atoms with E-state index in [1.807, 2.05) is 47.2 Å². The van der Waals surface area contributed by atoms with Crippen molar-refractivity contribution in [3.63, 3.8) is 0 Å². The van der Waals surface area contributed by atoms with Gasteiger partial charge in [0.2, 0.25) is 11.7 Å². The van der Waals surface area contributed by atoms with E-state index >= 15 is 0 Å². The SMILES string of the molecule is Fc1ccccc1N1N[N-]C(c2nc(-c3ccc(Cn4ccnc4)cc3)no2)=C1c1ccncc1. The van der Waals surface area contributed by atoms with E-state index < -0.39 is 5.82 Å². The number of benzene rings is 2. The van der Waals surface area contributed by atoms with Crippen molar-refractivity contribution in [2.75, 3.05) is 5.01 Å². The zero-order chi connectivity index (χ0) is 23.6. The number of anilines is 1. The van der Waals surface area contributed by atoms with Crippen LogP contribution in [0.1, 0.15) is 17.0 Å². The number of hydrazine groups is 1. The van der Waals surface area contributed by atoms with Crippen LogP contribution >= 0.6 is 0 Å². The molecule has 5 aromatic rings. The van der Waals surface area contributed by atoms with Crippen molar-refractivity contribution >= 4 is 17.1 Å². The average molecular weight is 465 g/mol. The van der Waals surface area contributed by atoms with Gasteiger partial charge in [0.25, 0.3) is 0 Å². The smallest absolute Gasteiger partial charge is 0.239 e. The number of aromatic nitrogens is 5. The maximum Gasteiger partial charge on any atom is 0.239 e. The van der Waals surface area contributed by atoms with Crippen LogP contribution in [0.4, 0.5) is 10.1 Å². The number of nitrogens with one attached hydrogen (secondary N) is 1. The summed E-state index contributed by atoms with van der Waals surface area (Å²) < 4.78 is 22.2. The van der Waals surface area contributed by atoms with Crippen LogP contribution in [0.3, 0.4) is 0 Å². The second kappa shape index (κ2) is 8.84. The summed E-state index contributed by atoms with van der Waals surface area (Å²) in [7, 11) is 0. The Kier molecular flexibility index (Phi) is 5.24. The molecule has 0 aliphatic carbocycles. The fraction of sp³-hybridized carbons (Fsp3) is 0.0400. The monoisotopic (exact) mass is 465 g/mol. The molecule has 1 aliphatic rings. The first-order valence-corrected chi connectivity index (χ1v) is 10.8. The summed E-state index contributed by atoms with van der Waals surface area (Å²) in [4.78, 5) is 12.7. The molecule has 0 spiro atoms. The molecule has 0 saturated carbocycles. The molecule has 172 valence electrons. The van der Waals surface area contributed by atoms with Gasteiger partial charge in [0, 0.05) is 42.5 Å². The summed E-state index contributed by atoms with van der Waals surface area (Å²) in [6.07, 6.45) is 8.75. The normalized spacial score (nSPS) is 13.3. The topological polar surface area (TPSA) is 99.0 Å². The average Bonchev–Trinajstić information content (AvgIpc) is 3.66. The molecule has 6 rings (SSSR count). The molecular weight excluding hydrogens is 447 g/mol. The highest BCUT2D eigenvalue weighted by Crippen LogP contribution is 2.39. The third kappa shape index (κ3) is 4.02. The van der Waals surface area contributed by atoms with Crippen molar-refractivity contribution < 1.29 is 8.91 Å².